The molecule has 0 saturated heterocycles. The van der Waals surface area contributed by atoms with E-state index in [1.54, 1.807) is 0 Å². The van der Waals surface area contributed by atoms with Gasteiger partial charge in [0.1, 0.15) is 11.2 Å². The van der Waals surface area contributed by atoms with Crippen LogP contribution < -0.4 is 0 Å². The number of aromatic nitrogens is 5. The zero-order chi connectivity index (χ0) is 34.4. The molecular weight excluding hydrogens is 651 g/mol. The van der Waals surface area contributed by atoms with Crippen LogP contribution in [0.25, 0.3) is 121 Å². The van der Waals surface area contributed by atoms with Gasteiger partial charge in [-0.3, -0.25) is 4.57 Å². The predicted octanol–water partition coefficient (Wildman–Crippen LogP) is 11.9. The third kappa shape index (κ3) is 3.49. The van der Waals surface area contributed by atoms with Crippen molar-refractivity contribution < 1.29 is 4.42 Å². The summed E-state index contributed by atoms with van der Waals surface area (Å²) < 4.78 is 11.0. The van der Waals surface area contributed by atoms with Crippen LogP contribution in [0.5, 0.6) is 0 Å². The summed E-state index contributed by atoms with van der Waals surface area (Å²) in [6.07, 6.45) is 0. The molecule has 0 atom stereocenters. The third-order valence-electron chi connectivity index (χ3n) is 11.3. The molecule has 0 aliphatic carbocycles. The Balaban J connectivity index is 1.19. The highest BCUT2D eigenvalue weighted by molar-refractivity contribution is 6.37. The first-order valence-corrected chi connectivity index (χ1v) is 17.9. The molecule has 53 heavy (non-hydrogen) atoms. The standard InChI is InChI=1S/C47H25N5O/c1-2-9-28(10-3-1)45-48-46(29-18-21-32-31-13-5-7-16-38(31)53-39(32)25-29)50-47(49-45)52-36-23-19-26-11-8-15-35-40(26)42(36)43-37(52)24-20-27-17-22-33-30-12-4-6-14-34(30)51(35)44(33)41(27)43/h1-25H. The average molecular weight is 676 g/mol. The fraction of sp³-hybridized carbons (Fsp3) is 0. The van der Waals surface area contributed by atoms with Gasteiger partial charge in [-0.1, -0.05) is 109 Å². The molecule has 0 aliphatic heterocycles. The lowest BCUT2D eigenvalue weighted by Crippen LogP contribution is -2.06. The van der Waals surface area contributed by atoms with E-state index in [0.29, 0.717) is 17.6 Å². The lowest BCUT2D eigenvalue weighted by molar-refractivity contribution is 0.669. The summed E-state index contributed by atoms with van der Waals surface area (Å²) in [4.78, 5) is 15.6. The normalized spacial score (nSPS) is 12.5. The maximum Gasteiger partial charge on any atom is 0.238 e. The van der Waals surface area contributed by atoms with Crippen molar-refractivity contribution in [1.82, 2.24) is 23.9 Å². The topological polar surface area (TPSA) is 61.2 Å². The minimum absolute atomic E-state index is 0.572. The Labute approximate surface area is 300 Å². The van der Waals surface area contributed by atoms with Gasteiger partial charge in [0, 0.05) is 54.2 Å². The van der Waals surface area contributed by atoms with E-state index in [0.717, 1.165) is 44.1 Å². The molecular formula is C47H25N5O. The largest absolute Gasteiger partial charge is 0.456 e. The number of hydrogen-bond donors (Lipinski definition) is 0. The van der Waals surface area contributed by atoms with E-state index in [1.165, 1.54) is 59.6 Å². The van der Waals surface area contributed by atoms with E-state index < -0.39 is 0 Å². The van der Waals surface area contributed by atoms with Crippen molar-refractivity contribution in [1.29, 1.82) is 0 Å². The fourth-order valence-electron chi connectivity index (χ4n) is 9.04. The van der Waals surface area contributed by atoms with Crippen molar-refractivity contribution in [3.8, 4) is 28.7 Å². The molecule has 244 valence electrons. The number of hydrogen-bond acceptors (Lipinski definition) is 4. The zero-order valence-corrected chi connectivity index (χ0v) is 28.1. The molecule has 5 aromatic heterocycles. The molecule has 0 fully saturated rings. The molecule has 0 saturated carbocycles. The predicted molar refractivity (Wildman–Crippen MR) is 216 cm³/mol. The SMILES string of the molecule is c1ccc(-c2nc(-c3ccc4c(c3)oc3ccccc34)nc(-n3c4ccc5cccc6c5c4c4c5c(ccc7c8ccccc8n6c75)ccc43)n2)cc1. The van der Waals surface area contributed by atoms with Gasteiger partial charge in [0.15, 0.2) is 11.6 Å². The fourth-order valence-corrected chi connectivity index (χ4v) is 9.04. The van der Waals surface area contributed by atoms with Gasteiger partial charge < -0.3 is 8.82 Å². The first-order chi connectivity index (χ1) is 26.3. The quantitative estimate of drug-likeness (QED) is 0.187. The van der Waals surface area contributed by atoms with Crippen LogP contribution in [0.3, 0.4) is 0 Å². The number of nitrogens with zero attached hydrogens (tertiary/aromatic N) is 5. The van der Waals surface area contributed by atoms with Crippen molar-refractivity contribution in [2.24, 2.45) is 0 Å². The average Bonchev–Trinajstić information content (AvgIpc) is 3.85. The van der Waals surface area contributed by atoms with Gasteiger partial charge >= 0.3 is 0 Å². The summed E-state index contributed by atoms with van der Waals surface area (Å²) in [5, 5.41) is 12.0. The monoisotopic (exact) mass is 675 g/mol. The second kappa shape index (κ2) is 9.72. The van der Waals surface area contributed by atoms with E-state index in [4.69, 9.17) is 19.4 Å². The van der Waals surface area contributed by atoms with Gasteiger partial charge in [0.25, 0.3) is 0 Å². The molecule has 8 aromatic carbocycles. The highest BCUT2D eigenvalue weighted by atomic mass is 16.3. The summed E-state index contributed by atoms with van der Waals surface area (Å²) in [6, 6.07) is 53.5. The van der Waals surface area contributed by atoms with Crippen molar-refractivity contribution in [2.75, 3.05) is 0 Å². The first-order valence-electron chi connectivity index (χ1n) is 17.9. The van der Waals surface area contributed by atoms with Gasteiger partial charge in [-0.2, -0.15) is 9.97 Å². The van der Waals surface area contributed by atoms with E-state index in [2.05, 4.69) is 124 Å². The second-order valence-electron chi connectivity index (χ2n) is 14.0. The lowest BCUT2D eigenvalue weighted by atomic mass is 9.98. The molecule has 13 rings (SSSR count). The Kier molecular flexibility index (Phi) is 5.03. The van der Waals surface area contributed by atoms with Crippen molar-refractivity contribution in [3.63, 3.8) is 0 Å². The highest BCUT2D eigenvalue weighted by Crippen LogP contribution is 2.47. The summed E-state index contributed by atoms with van der Waals surface area (Å²) in [5.74, 6) is 1.77. The molecule has 6 nitrogen and oxygen atoms in total. The summed E-state index contributed by atoms with van der Waals surface area (Å²) >= 11 is 0. The minimum Gasteiger partial charge on any atom is -0.456 e. The molecule has 0 N–H and O–H groups in total. The maximum absolute atomic E-state index is 6.31. The lowest BCUT2D eigenvalue weighted by Gasteiger charge is -2.12. The van der Waals surface area contributed by atoms with Gasteiger partial charge in [-0.25, -0.2) is 4.98 Å². The Hall–Kier alpha value is -7.31. The Morgan fingerprint density at radius 1 is 0.396 bits per heavy atom. The molecule has 0 radical (unpaired) electrons. The summed E-state index contributed by atoms with van der Waals surface area (Å²) in [6.45, 7) is 0. The molecule has 13 aromatic rings. The Morgan fingerprint density at radius 3 is 1.92 bits per heavy atom. The molecule has 0 bridgehead atoms. The van der Waals surface area contributed by atoms with Gasteiger partial charge in [0.05, 0.1) is 27.6 Å². The Morgan fingerprint density at radius 2 is 1.06 bits per heavy atom. The summed E-state index contributed by atoms with van der Waals surface area (Å²) in [5.41, 5.74) is 9.20. The minimum atomic E-state index is 0.572. The van der Waals surface area contributed by atoms with Gasteiger partial charge in [-0.05, 0) is 53.2 Å². The van der Waals surface area contributed by atoms with E-state index in [1.807, 2.05) is 36.4 Å². The van der Waals surface area contributed by atoms with Crippen molar-refractivity contribution >= 4 is 92.6 Å². The van der Waals surface area contributed by atoms with Gasteiger partial charge in [0.2, 0.25) is 5.95 Å². The molecule has 0 amide bonds. The van der Waals surface area contributed by atoms with Crippen molar-refractivity contribution in [3.05, 3.63) is 152 Å². The van der Waals surface area contributed by atoms with Crippen LogP contribution in [0.1, 0.15) is 0 Å². The van der Waals surface area contributed by atoms with Crippen LogP contribution in [0, 0.1) is 0 Å². The highest BCUT2D eigenvalue weighted by Gasteiger charge is 2.26. The smallest absolute Gasteiger partial charge is 0.238 e. The number of furan rings is 1. The number of para-hydroxylation sites is 2. The summed E-state index contributed by atoms with van der Waals surface area (Å²) in [7, 11) is 0. The van der Waals surface area contributed by atoms with Crippen LogP contribution in [0.2, 0.25) is 0 Å². The zero-order valence-electron chi connectivity index (χ0n) is 28.1. The van der Waals surface area contributed by atoms with Crippen LogP contribution >= 0.6 is 0 Å². The van der Waals surface area contributed by atoms with Gasteiger partial charge in [-0.15, -0.1) is 0 Å². The van der Waals surface area contributed by atoms with E-state index in [-0.39, 0.29) is 0 Å². The molecule has 5 heterocycles. The van der Waals surface area contributed by atoms with Crippen LogP contribution in [-0.2, 0) is 0 Å². The van der Waals surface area contributed by atoms with E-state index >= 15 is 0 Å². The third-order valence-corrected chi connectivity index (χ3v) is 11.3. The molecule has 0 aliphatic rings. The van der Waals surface area contributed by atoms with Crippen molar-refractivity contribution in [2.45, 2.75) is 0 Å². The molecule has 0 unspecified atom stereocenters. The number of fused-ring (bicyclic) bond motifs is 7. The maximum atomic E-state index is 6.31. The molecule has 6 heteroatoms. The second-order valence-corrected chi connectivity index (χ2v) is 14.0. The van der Waals surface area contributed by atoms with Crippen LogP contribution in [0.4, 0.5) is 0 Å². The van der Waals surface area contributed by atoms with Crippen LogP contribution in [-0.4, -0.2) is 23.9 Å². The number of rotatable bonds is 3. The molecule has 0 spiro atoms. The van der Waals surface area contributed by atoms with E-state index in [9.17, 15) is 0 Å². The first kappa shape index (κ1) is 27.4. The number of benzene rings is 8. The van der Waals surface area contributed by atoms with Crippen LogP contribution in [0.15, 0.2) is 156 Å². The Bertz CT molecular complexity index is 3630.